The number of amides is 1. The highest BCUT2D eigenvalue weighted by Gasteiger charge is 2.22. The molecule has 128 valence electrons. The predicted octanol–water partition coefficient (Wildman–Crippen LogP) is 2.73. The van der Waals surface area contributed by atoms with Crippen LogP contribution in [0.4, 0.5) is 0 Å². The van der Waals surface area contributed by atoms with E-state index in [9.17, 15) is 4.79 Å². The van der Waals surface area contributed by atoms with Gasteiger partial charge in [0, 0.05) is 11.8 Å². The molecule has 1 amide bonds. The van der Waals surface area contributed by atoms with Crippen LogP contribution in [0.15, 0.2) is 42.6 Å². The number of benzene rings is 1. The summed E-state index contributed by atoms with van der Waals surface area (Å²) in [6, 6.07) is 10.7. The first-order valence-electron chi connectivity index (χ1n) is 8.26. The fraction of sp³-hybridized carbons (Fsp3) is 0.278. The van der Waals surface area contributed by atoms with Crippen LogP contribution in [-0.2, 0) is 0 Å². The van der Waals surface area contributed by atoms with Gasteiger partial charge in [-0.1, -0.05) is 19.4 Å². The Bertz CT molecular complexity index is 922. The first-order chi connectivity index (χ1) is 12.3. The molecule has 3 heterocycles. The van der Waals surface area contributed by atoms with Crippen LogP contribution in [-0.4, -0.2) is 27.3 Å². The molecule has 0 fully saturated rings. The van der Waals surface area contributed by atoms with E-state index in [1.54, 1.807) is 18.2 Å². The van der Waals surface area contributed by atoms with E-state index >= 15 is 0 Å². The van der Waals surface area contributed by atoms with Crippen molar-refractivity contribution in [1.29, 1.82) is 0 Å². The molecule has 0 radical (unpaired) electrons. The molecule has 1 unspecified atom stereocenters. The number of nitrogens with one attached hydrogen (secondary N) is 1. The average Bonchev–Trinajstić information content (AvgIpc) is 3.27. The van der Waals surface area contributed by atoms with Crippen molar-refractivity contribution in [2.45, 2.75) is 25.8 Å². The Labute approximate surface area is 144 Å². The van der Waals surface area contributed by atoms with Gasteiger partial charge in [-0.3, -0.25) is 9.20 Å². The molecule has 0 bridgehead atoms. The molecule has 0 aliphatic carbocycles. The van der Waals surface area contributed by atoms with Crippen molar-refractivity contribution in [2.24, 2.45) is 0 Å². The number of rotatable bonds is 5. The largest absolute Gasteiger partial charge is 0.454 e. The number of carbonyl (C=O) groups excluding carboxylic acids is 1. The van der Waals surface area contributed by atoms with Crippen LogP contribution in [0.5, 0.6) is 11.5 Å². The molecule has 3 aromatic rings. The van der Waals surface area contributed by atoms with Gasteiger partial charge in [-0.2, -0.15) is 0 Å². The van der Waals surface area contributed by atoms with E-state index in [4.69, 9.17) is 9.47 Å². The standard InChI is InChI=1S/C18H18N4O3/c1-2-5-13(17-21-20-16-6-3-4-9-22(16)17)19-18(23)12-7-8-14-15(10-12)25-11-24-14/h3-4,6-10,13H,2,5,11H2,1H3,(H,19,23). The molecule has 2 aromatic heterocycles. The number of hydrogen-bond donors (Lipinski definition) is 1. The number of aromatic nitrogens is 3. The number of carbonyl (C=O) groups is 1. The van der Waals surface area contributed by atoms with Crippen molar-refractivity contribution in [2.75, 3.05) is 6.79 Å². The molecule has 1 aliphatic rings. The molecule has 1 atom stereocenters. The maximum Gasteiger partial charge on any atom is 0.252 e. The van der Waals surface area contributed by atoms with Gasteiger partial charge in [-0.15, -0.1) is 10.2 Å². The smallest absolute Gasteiger partial charge is 0.252 e. The van der Waals surface area contributed by atoms with E-state index in [1.807, 2.05) is 28.8 Å². The molecule has 0 saturated carbocycles. The maximum atomic E-state index is 12.7. The van der Waals surface area contributed by atoms with Crippen LogP contribution in [0, 0.1) is 0 Å². The van der Waals surface area contributed by atoms with Crippen molar-refractivity contribution in [1.82, 2.24) is 19.9 Å². The molecule has 0 spiro atoms. The van der Waals surface area contributed by atoms with Gasteiger partial charge in [0.05, 0.1) is 6.04 Å². The summed E-state index contributed by atoms with van der Waals surface area (Å²) in [6.45, 7) is 2.26. The van der Waals surface area contributed by atoms with Crippen LogP contribution in [0.25, 0.3) is 5.65 Å². The summed E-state index contributed by atoms with van der Waals surface area (Å²) in [5.74, 6) is 1.80. The topological polar surface area (TPSA) is 77.8 Å². The maximum absolute atomic E-state index is 12.7. The molecular weight excluding hydrogens is 320 g/mol. The summed E-state index contributed by atoms with van der Waals surface area (Å²) < 4.78 is 12.5. The molecule has 7 heteroatoms. The lowest BCUT2D eigenvalue weighted by Gasteiger charge is -2.17. The normalized spacial score (nSPS) is 13.8. The zero-order valence-electron chi connectivity index (χ0n) is 13.8. The number of ether oxygens (including phenoxy) is 2. The highest BCUT2D eigenvalue weighted by molar-refractivity contribution is 5.95. The van der Waals surface area contributed by atoms with Gasteiger partial charge in [0.2, 0.25) is 6.79 Å². The number of nitrogens with zero attached hydrogens (tertiary/aromatic N) is 3. The van der Waals surface area contributed by atoms with Crippen LogP contribution in [0.1, 0.15) is 42.0 Å². The Morgan fingerprint density at radius 1 is 1.24 bits per heavy atom. The second kappa shape index (κ2) is 6.43. The van der Waals surface area contributed by atoms with Crippen LogP contribution in [0.2, 0.25) is 0 Å². The summed E-state index contributed by atoms with van der Waals surface area (Å²) >= 11 is 0. The summed E-state index contributed by atoms with van der Waals surface area (Å²) in [5.41, 5.74) is 1.29. The molecule has 1 N–H and O–H groups in total. The molecule has 25 heavy (non-hydrogen) atoms. The zero-order chi connectivity index (χ0) is 17.2. The molecule has 1 aromatic carbocycles. The molecule has 7 nitrogen and oxygen atoms in total. The minimum atomic E-state index is -0.222. The van der Waals surface area contributed by atoms with Gasteiger partial charge in [0.15, 0.2) is 23.0 Å². The van der Waals surface area contributed by atoms with Crippen molar-refractivity contribution in [3.05, 3.63) is 54.0 Å². The first kappa shape index (κ1) is 15.4. The van der Waals surface area contributed by atoms with E-state index in [-0.39, 0.29) is 18.7 Å². The summed E-state index contributed by atoms with van der Waals surface area (Å²) in [7, 11) is 0. The summed E-state index contributed by atoms with van der Waals surface area (Å²) in [4.78, 5) is 12.7. The van der Waals surface area contributed by atoms with Gasteiger partial charge in [0.1, 0.15) is 0 Å². The Hall–Kier alpha value is -3.09. The number of pyridine rings is 1. The summed E-state index contributed by atoms with van der Waals surface area (Å²) in [5, 5.41) is 11.5. The zero-order valence-corrected chi connectivity index (χ0v) is 13.8. The third-order valence-electron chi connectivity index (χ3n) is 4.17. The van der Waals surface area contributed by atoms with E-state index in [0.717, 1.165) is 24.3 Å². The van der Waals surface area contributed by atoms with Crippen LogP contribution >= 0.6 is 0 Å². The minimum Gasteiger partial charge on any atom is -0.454 e. The molecule has 4 rings (SSSR count). The highest BCUT2D eigenvalue weighted by Crippen LogP contribution is 2.32. The highest BCUT2D eigenvalue weighted by atomic mass is 16.7. The summed E-state index contributed by atoms with van der Waals surface area (Å²) in [6.07, 6.45) is 3.58. The van der Waals surface area contributed by atoms with Gasteiger partial charge < -0.3 is 14.8 Å². The molecule has 0 saturated heterocycles. The lowest BCUT2D eigenvalue weighted by atomic mass is 10.1. The SMILES string of the molecule is CCCC(NC(=O)c1ccc2c(c1)OCO2)c1nnc2ccccn12. The molecule has 1 aliphatic heterocycles. The fourth-order valence-corrected chi connectivity index (χ4v) is 2.93. The Kier molecular flexibility index (Phi) is 3.97. The molecular formula is C18H18N4O3. The van der Waals surface area contributed by atoms with Crippen molar-refractivity contribution in [3.8, 4) is 11.5 Å². The third-order valence-corrected chi connectivity index (χ3v) is 4.17. The monoisotopic (exact) mass is 338 g/mol. The van der Waals surface area contributed by atoms with Crippen LogP contribution < -0.4 is 14.8 Å². The predicted molar refractivity (Wildman–Crippen MR) is 90.7 cm³/mol. The van der Waals surface area contributed by atoms with E-state index < -0.39 is 0 Å². The third kappa shape index (κ3) is 2.88. The van der Waals surface area contributed by atoms with Gasteiger partial charge >= 0.3 is 0 Å². The Morgan fingerprint density at radius 2 is 2.12 bits per heavy atom. The van der Waals surface area contributed by atoms with Gasteiger partial charge in [0.25, 0.3) is 5.91 Å². The van der Waals surface area contributed by atoms with Crippen LogP contribution in [0.3, 0.4) is 0 Å². The van der Waals surface area contributed by atoms with Gasteiger partial charge in [-0.25, -0.2) is 0 Å². The number of hydrogen-bond acceptors (Lipinski definition) is 5. The van der Waals surface area contributed by atoms with E-state index in [0.29, 0.717) is 17.1 Å². The average molecular weight is 338 g/mol. The van der Waals surface area contributed by atoms with Crippen molar-refractivity contribution >= 4 is 11.6 Å². The number of fused-ring (bicyclic) bond motifs is 2. The fourth-order valence-electron chi connectivity index (χ4n) is 2.93. The van der Waals surface area contributed by atoms with Crippen molar-refractivity contribution < 1.29 is 14.3 Å². The van der Waals surface area contributed by atoms with E-state index in [1.165, 1.54) is 0 Å². The second-order valence-electron chi connectivity index (χ2n) is 5.87. The lowest BCUT2D eigenvalue weighted by molar-refractivity contribution is 0.0932. The lowest BCUT2D eigenvalue weighted by Crippen LogP contribution is -2.29. The Balaban J connectivity index is 1.60. The van der Waals surface area contributed by atoms with E-state index in [2.05, 4.69) is 22.4 Å². The van der Waals surface area contributed by atoms with Gasteiger partial charge in [-0.05, 0) is 36.8 Å². The second-order valence-corrected chi connectivity index (χ2v) is 5.87. The first-order valence-corrected chi connectivity index (χ1v) is 8.26. The minimum absolute atomic E-state index is 0.176. The quantitative estimate of drug-likeness (QED) is 0.774. The van der Waals surface area contributed by atoms with Crippen molar-refractivity contribution in [3.63, 3.8) is 0 Å². The Morgan fingerprint density at radius 3 is 3.00 bits per heavy atom.